The zero-order valence-corrected chi connectivity index (χ0v) is 13.1. The third-order valence-electron chi connectivity index (χ3n) is 3.37. The Bertz CT molecular complexity index is 502. The molecule has 6 heteroatoms. The van der Waals surface area contributed by atoms with E-state index in [1.807, 2.05) is 19.2 Å². The lowest BCUT2D eigenvalue weighted by Crippen LogP contribution is -2.33. The SMILES string of the molecule is CCC(CC)NS(=O)(=O)c1cc(CNC2CC2)cs1. The predicted octanol–water partition coefficient (Wildman–Crippen LogP) is 2.47. The van der Waals surface area contributed by atoms with Gasteiger partial charge in [-0.15, -0.1) is 11.3 Å². The summed E-state index contributed by atoms with van der Waals surface area (Å²) in [4.78, 5) is 0. The van der Waals surface area contributed by atoms with Crippen molar-refractivity contribution in [3.8, 4) is 0 Å². The van der Waals surface area contributed by atoms with Gasteiger partial charge in [0.1, 0.15) is 4.21 Å². The second kappa shape index (κ2) is 6.35. The summed E-state index contributed by atoms with van der Waals surface area (Å²) in [6.45, 7) is 4.76. The first kappa shape index (κ1) is 15.0. The molecule has 4 nitrogen and oxygen atoms in total. The van der Waals surface area contributed by atoms with Crippen molar-refractivity contribution in [2.75, 3.05) is 0 Å². The van der Waals surface area contributed by atoms with E-state index in [4.69, 9.17) is 0 Å². The average molecular weight is 302 g/mol. The van der Waals surface area contributed by atoms with Gasteiger partial charge in [-0.1, -0.05) is 13.8 Å². The number of hydrogen-bond acceptors (Lipinski definition) is 4. The van der Waals surface area contributed by atoms with Crippen LogP contribution in [-0.2, 0) is 16.6 Å². The largest absolute Gasteiger partial charge is 0.310 e. The van der Waals surface area contributed by atoms with E-state index in [1.165, 1.54) is 24.2 Å². The van der Waals surface area contributed by atoms with Crippen LogP contribution >= 0.6 is 11.3 Å². The first-order chi connectivity index (χ1) is 9.05. The molecule has 2 rings (SSSR count). The zero-order chi connectivity index (χ0) is 13.9. The quantitative estimate of drug-likeness (QED) is 0.775. The van der Waals surface area contributed by atoms with Gasteiger partial charge in [-0.3, -0.25) is 0 Å². The van der Waals surface area contributed by atoms with Crippen LogP contribution in [0.4, 0.5) is 0 Å². The van der Waals surface area contributed by atoms with Gasteiger partial charge in [0.25, 0.3) is 0 Å². The minimum Gasteiger partial charge on any atom is -0.310 e. The third kappa shape index (κ3) is 4.27. The molecule has 1 aliphatic carbocycles. The lowest BCUT2D eigenvalue weighted by Gasteiger charge is -2.13. The van der Waals surface area contributed by atoms with E-state index in [0.717, 1.165) is 24.9 Å². The van der Waals surface area contributed by atoms with E-state index in [-0.39, 0.29) is 6.04 Å². The molecule has 0 unspecified atom stereocenters. The van der Waals surface area contributed by atoms with E-state index < -0.39 is 10.0 Å². The molecule has 1 fully saturated rings. The Hall–Kier alpha value is -0.430. The van der Waals surface area contributed by atoms with Crippen LogP contribution in [0, 0.1) is 0 Å². The minimum absolute atomic E-state index is 0.0279. The van der Waals surface area contributed by atoms with Crippen LogP contribution in [0.3, 0.4) is 0 Å². The lowest BCUT2D eigenvalue weighted by molar-refractivity contribution is 0.531. The van der Waals surface area contributed by atoms with Gasteiger partial charge in [0.15, 0.2) is 0 Å². The van der Waals surface area contributed by atoms with Gasteiger partial charge >= 0.3 is 0 Å². The van der Waals surface area contributed by atoms with Crippen molar-refractivity contribution in [1.82, 2.24) is 10.0 Å². The molecule has 0 spiro atoms. The van der Waals surface area contributed by atoms with Gasteiger partial charge in [-0.05, 0) is 42.7 Å². The fraction of sp³-hybridized carbons (Fsp3) is 0.692. The van der Waals surface area contributed by atoms with E-state index in [0.29, 0.717) is 10.3 Å². The molecule has 108 valence electrons. The molecule has 0 atom stereocenters. The Morgan fingerprint density at radius 3 is 2.63 bits per heavy atom. The number of hydrogen-bond donors (Lipinski definition) is 2. The second-order valence-electron chi connectivity index (χ2n) is 5.06. The molecule has 2 N–H and O–H groups in total. The maximum absolute atomic E-state index is 12.2. The van der Waals surface area contributed by atoms with Crippen LogP contribution in [0.25, 0.3) is 0 Å². The van der Waals surface area contributed by atoms with Crippen LogP contribution in [0.1, 0.15) is 45.1 Å². The summed E-state index contributed by atoms with van der Waals surface area (Å²) in [6, 6.07) is 2.45. The molecule has 1 aliphatic rings. The fourth-order valence-electron chi connectivity index (χ4n) is 1.87. The Kier molecular flexibility index (Phi) is 5.00. The first-order valence-corrected chi connectivity index (χ1v) is 9.24. The predicted molar refractivity (Wildman–Crippen MR) is 78.9 cm³/mol. The zero-order valence-electron chi connectivity index (χ0n) is 11.5. The number of sulfonamides is 1. The van der Waals surface area contributed by atoms with E-state index in [9.17, 15) is 8.42 Å². The summed E-state index contributed by atoms with van der Waals surface area (Å²) in [7, 11) is -3.35. The maximum atomic E-state index is 12.2. The normalized spacial score (nSPS) is 16.2. The van der Waals surface area contributed by atoms with Crippen molar-refractivity contribution >= 4 is 21.4 Å². The Balaban J connectivity index is 1.98. The third-order valence-corrected chi connectivity index (χ3v) is 6.38. The smallest absolute Gasteiger partial charge is 0.250 e. The van der Waals surface area contributed by atoms with Gasteiger partial charge in [-0.2, -0.15) is 0 Å². The van der Waals surface area contributed by atoms with Crippen molar-refractivity contribution < 1.29 is 8.42 Å². The van der Waals surface area contributed by atoms with E-state index >= 15 is 0 Å². The Morgan fingerprint density at radius 1 is 1.37 bits per heavy atom. The molecule has 19 heavy (non-hydrogen) atoms. The summed E-state index contributed by atoms with van der Waals surface area (Å²) in [5.74, 6) is 0. The fourth-order valence-corrected chi connectivity index (χ4v) is 4.50. The lowest BCUT2D eigenvalue weighted by atomic mass is 10.2. The summed E-state index contributed by atoms with van der Waals surface area (Å²) in [6.07, 6.45) is 4.12. The molecule has 0 aromatic carbocycles. The standard InChI is InChI=1S/C13H22N2O2S2/c1-3-11(4-2)15-19(16,17)13-7-10(9-18-13)8-14-12-5-6-12/h7,9,11-12,14-15H,3-6,8H2,1-2H3. The van der Waals surface area contributed by atoms with Gasteiger partial charge < -0.3 is 5.32 Å². The molecule has 1 aromatic heterocycles. The van der Waals surface area contributed by atoms with Crippen molar-refractivity contribution in [2.24, 2.45) is 0 Å². The number of thiophene rings is 1. The first-order valence-electron chi connectivity index (χ1n) is 6.88. The van der Waals surface area contributed by atoms with Crippen LogP contribution < -0.4 is 10.0 Å². The molecule has 0 aliphatic heterocycles. The van der Waals surface area contributed by atoms with Gasteiger partial charge in [0.05, 0.1) is 0 Å². The molecular formula is C13H22N2O2S2. The Labute approximate surface area is 119 Å². The molecule has 0 saturated heterocycles. The van der Waals surface area contributed by atoms with Crippen LogP contribution in [0.15, 0.2) is 15.7 Å². The van der Waals surface area contributed by atoms with Gasteiger partial charge in [0, 0.05) is 18.6 Å². The number of rotatable bonds is 8. The molecule has 0 amide bonds. The molecule has 1 heterocycles. The second-order valence-corrected chi connectivity index (χ2v) is 7.92. The topological polar surface area (TPSA) is 58.2 Å². The van der Waals surface area contributed by atoms with Crippen LogP contribution in [-0.4, -0.2) is 20.5 Å². The van der Waals surface area contributed by atoms with Crippen LogP contribution in [0.2, 0.25) is 0 Å². The van der Waals surface area contributed by atoms with Gasteiger partial charge in [0.2, 0.25) is 10.0 Å². The van der Waals surface area contributed by atoms with E-state index in [2.05, 4.69) is 10.0 Å². The minimum atomic E-state index is -3.35. The molecule has 1 aromatic rings. The summed E-state index contributed by atoms with van der Waals surface area (Å²) >= 11 is 1.30. The molecule has 1 saturated carbocycles. The Morgan fingerprint density at radius 2 is 2.05 bits per heavy atom. The van der Waals surface area contributed by atoms with Crippen molar-refractivity contribution in [2.45, 2.75) is 62.4 Å². The van der Waals surface area contributed by atoms with Crippen molar-refractivity contribution in [3.63, 3.8) is 0 Å². The van der Waals surface area contributed by atoms with Gasteiger partial charge in [-0.25, -0.2) is 13.1 Å². The highest BCUT2D eigenvalue weighted by Gasteiger charge is 2.22. The monoisotopic (exact) mass is 302 g/mol. The molecule has 0 bridgehead atoms. The summed E-state index contributed by atoms with van der Waals surface area (Å²) in [5, 5.41) is 5.32. The van der Waals surface area contributed by atoms with Crippen LogP contribution in [0.5, 0.6) is 0 Å². The average Bonchev–Trinajstić information content (AvgIpc) is 3.09. The highest BCUT2D eigenvalue weighted by atomic mass is 32.2. The summed E-state index contributed by atoms with van der Waals surface area (Å²) in [5.41, 5.74) is 1.06. The highest BCUT2D eigenvalue weighted by molar-refractivity contribution is 7.91. The molecular weight excluding hydrogens is 280 g/mol. The molecule has 0 radical (unpaired) electrons. The van der Waals surface area contributed by atoms with E-state index in [1.54, 1.807) is 6.07 Å². The van der Waals surface area contributed by atoms with Crippen molar-refractivity contribution in [3.05, 3.63) is 17.0 Å². The maximum Gasteiger partial charge on any atom is 0.250 e. The van der Waals surface area contributed by atoms with Crippen molar-refractivity contribution in [1.29, 1.82) is 0 Å². The number of nitrogens with one attached hydrogen (secondary N) is 2. The highest BCUT2D eigenvalue weighted by Crippen LogP contribution is 2.23. The summed E-state index contributed by atoms with van der Waals surface area (Å²) < 4.78 is 27.6.